The number of nitrogens with one attached hydrogen (secondary N) is 1. The molecule has 0 radical (unpaired) electrons. The fourth-order valence-electron chi connectivity index (χ4n) is 2.63. The van der Waals surface area contributed by atoms with E-state index in [0.717, 1.165) is 10.6 Å². The zero-order valence-corrected chi connectivity index (χ0v) is 18.0. The molecule has 3 aromatic carbocycles. The summed E-state index contributed by atoms with van der Waals surface area (Å²) >= 11 is 3.33. The molecule has 0 saturated carbocycles. The van der Waals surface area contributed by atoms with Gasteiger partial charge in [-0.3, -0.25) is 9.10 Å². The number of carbonyl (C=O) groups excluding carboxylic acids is 1. The highest BCUT2D eigenvalue weighted by Gasteiger charge is 2.22. The van der Waals surface area contributed by atoms with Gasteiger partial charge in [-0.25, -0.2) is 8.42 Å². The molecule has 150 valence electrons. The molecule has 29 heavy (non-hydrogen) atoms. The maximum Gasteiger partial charge on any atom is 0.245 e. The minimum Gasteiger partial charge on any atom is -0.457 e. The molecule has 0 saturated heterocycles. The number of carbonyl (C=O) groups is 1. The number of halogens is 1. The smallest absolute Gasteiger partial charge is 0.245 e. The van der Waals surface area contributed by atoms with Crippen LogP contribution in [-0.2, 0) is 14.8 Å². The van der Waals surface area contributed by atoms with E-state index in [2.05, 4.69) is 21.2 Å². The zero-order valence-electron chi connectivity index (χ0n) is 15.6. The summed E-state index contributed by atoms with van der Waals surface area (Å²) in [5.74, 6) is 0.760. The number of hydrogen-bond acceptors (Lipinski definition) is 4. The van der Waals surface area contributed by atoms with Crippen LogP contribution in [0.5, 0.6) is 11.5 Å². The maximum absolute atomic E-state index is 12.6. The fraction of sp³-hybridized carbons (Fsp3) is 0.0952. The Morgan fingerprint density at radius 3 is 2.31 bits per heavy atom. The molecule has 0 aliphatic rings. The van der Waals surface area contributed by atoms with Gasteiger partial charge in [-0.2, -0.15) is 0 Å². The summed E-state index contributed by atoms with van der Waals surface area (Å²) in [4.78, 5) is 12.6. The van der Waals surface area contributed by atoms with Crippen molar-refractivity contribution < 1.29 is 17.9 Å². The molecular weight excluding hydrogens is 456 g/mol. The Labute approximate surface area is 178 Å². The van der Waals surface area contributed by atoms with E-state index < -0.39 is 15.9 Å². The second kappa shape index (κ2) is 9.11. The lowest BCUT2D eigenvalue weighted by Gasteiger charge is -2.23. The summed E-state index contributed by atoms with van der Waals surface area (Å²) in [6, 6.07) is 23.0. The predicted octanol–water partition coefficient (Wildman–Crippen LogP) is 4.65. The van der Waals surface area contributed by atoms with Crippen LogP contribution in [0.4, 0.5) is 11.4 Å². The average molecular weight is 475 g/mol. The number of amides is 1. The molecule has 0 heterocycles. The first-order chi connectivity index (χ1) is 13.8. The number of hydrogen-bond donors (Lipinski definition) is 1. The summed E-state index contributed by atoms with van der Waals surface area (Å²) in [6.07, 6.45) is 1.06. The Bertz CT molecular complexity index is 1100. The Balaban J connectivity index is 1.74. The first-order valence-corrected chi connectivity index (χ1v) is 11.3. The van der Waals surface area contributed by atoms with E-state index in [9.17, 15) is 13.2 Å². The molecule has 3 rings (SSSR count). The molecule has 0 fully saturated rings. The van der Waals surface area contributed by atoms with Crippen molar-refractivity contribution in [2.24, 2.45) is 0 Å². The Hall–Kier alpha value is -2.84. The summed E-state index contributed by atoms with van der Waals surface area (Å²) in [7, 11) is -3.66. The monoisotopic (exact) mass is 474 g/mol. The summed E-state index contributed by atoms with van der Waals surface area (Å²) in [6.45, 7) is -0.356. The number of sulfonamides is 1. The van der Waals surface area contributed by atoms with Crippen LogP contribution in [0.1, 0.15) is 0 Å². The van der Waals surface area contributed by atoms with E-state index in [-0.39, 0.29) is 6.54 Å². The first-order valence-electron chi connectivity index (χ1n) is 8.68. The van der Waals surface area contributed by atoms with Crippen LogP contribution in [-0.4, -0.2) is 27.1 Å². The minimum absolute atomic E-state index is 0.356. The summed E-state index contributed by atoms with van der Waals surface area (Å²) < 4.78 is 31.9. The van der Waals surface area contributed by atoms with Crippen molar-refractivity contribution >= 4 is 43.2 Å². The SMILES string of the molecule is CS(=O)(=O)N(CC(=O)Nc1cccc(Oc2ccccc2)c1)c1ccccc1Br. The van der Waals surface area contributed by atoms with E-state index in [1.165, 1.54) is 0 Å². The van der Waals surface area contributed by atoms with Gasteiger partial charge in [0.15, 0.2) is 0 Å². The molecular formula is C21H19BrN2O4S. The van der Waals surface area contributed by atoms with E-state index >= 15 is 0 Å². The molecule has 0 aliphatic carbocycles. The van der Waals surface area contributed by atoms with Gasteiger partial charge in [-0.1, -0.05) is 36.4 Å². The minimum atomic E-state index is -3.66. The van der Waals surface area contributed by atoms with Gasteiger partial charge in [-0.15, -0.1) is 0 Å². The van der Waals surface area contributed by atoms with Crippen molar-refractivity contribution in [1.82, 2.24) is 0 Å². The summed E-state index contributed by atoms with van der Waals surface area (Å²) in [5, 5.41) is 2.72. The molecule has 3 aromatic rings. The molecule has 0 aromatic heterocycles. The van der Waals surface area contributed by atoms with Gasteiger partial charge in [-0.05, 0) is 52.3 Å². The van der Waals surface area contributed by atoms with Crippen molar-refractivity contribution in [3.05, 3.63) is 83.3 Å². The standard InChI is InChI=1S/C21H19BrN2O4S/c1-29(26,27)24(20-13-6-5-12-19(20)22)15-21(25)23-16-8-7-11-18(14-16)28-17-9-3-2-4-10-17/h2-14H,15H2,1H3,(H,23,25). The Morgan fingerprint density at radius 1 is 0.966 bits per heavy atom. The Kier molecular flexibility index (Phi) is 6.56. The number of nitrogens with zero attached hydrogens (tertiary/aromatic N) is 1. The van der Waals surface area contributed by atoms with Gasteiger partial charge in [0.05, 0.1) is 11.9 Å². The highest BCUT2D eigenvalue weighted by molar-refractivity contribution is 9.10. The van der Waals surface area contributed by atoms with Crippen LogP contribution >= 0.6 is 15.9 Å². The van der Waals surface area contributed by atoms with Crippen LogP contribution in [0.2, 0.25) is 0 Å². The molecule has 0 bridgehead atoms. The molecule has 0 spiro atoms. The molecule has 0 atom stereocenters. The number of anilines is 2. The third kappa shape index (κ3) is 5.82. The van der Waals surface area contributed by atoms with E-state index in [4.69, 9.17) is 4.74 Å². The molecule has 1 N–H and O–H groups in total. The molecule has 8 heteroatoms. The van der Waals surface area contributed by atoms with Crippen molar-refractivity contribution in [1.29, 1.82) is 0 Å². The largest absolute Gasteiger partial charge is 0.457 e. The Morgan fingerprint density at radius 2 is 1.62 bits per heavy atom. The number of ether oxygens (including phenoxy) is 1. The van der Waals surface area contributed by atoms with Crippen molar-refractivity contribution in [2.45, 2.75) is 0 Å². The average Bonchev–Trinajstić information content (AvgIpc) is 2.67. The first kappa shape index (κ1) is 20.9. The van der Waals surface area contributed by atoms with Crippen LogP contribution in [0.3, 0.4) is 0 Å². The number of para-hydroxylation sites is 2. The van der Waals surface area contributed by atoms with E-state index in [1.807, 2.05) is 30.3 Å². The van der Waals surface area contributed by atoms with Crippen LogP contribution < -0.4 is 14.4 Å². The van der Waals surface area contributed by atoms with Crippen LogP contribution in [0.15, 0.2) is 83.3 Å². The molecule has 0 aliphatic heterocycles. The van der Waals surface area contributed by atoms with Crippen LogP contribution in [0, 0.1) is 0 Å². The van der Waals surface area contributed by atoms with Crippen molar-refractivity contribution in [3.63, 3.8) is 0 Å². The molecule has 6 nitrogen and oxygen atoms in total. The zero-order chi connectivity index (χ0) is 20.9. The second-order valence-electron chi connectivity index (χ2n) is 6.21. The van der Waals surface area contributed by atoms with E-state index in [0.29, 0.717) is 27.3 Å². The van der Waals surface area contributed by atoms with Crippen molar-refractivity contribution in [3.8, 4) is 11.5 Å². The highest BCUT2D eigenvalue weighted by atomic mass is 79.9. The van der Waals surface area contributed by atoms with Gasteiger partial charge in [0.1, 0.15) is 18.0 Å². The number of rotatable bonds is 7. The van der Waals surface area contributed by atoms with Crippen LogP contribution in [0.25, 0.3) is 0 Å². The maximum atomic E-state index is 12.6. The third-order valence-corrected chi connectivity index (χ3v) is 5.70. The van der Waals surface area contributed by atoms with Gasteiger partial charge in [0.2, 0.25) is 15.9 Å². The number of benzene rings is 3. The normalized spacial score (nSPS) is 11.0. The quantitative estimate of drug-likeness (QED) is 0.540. The summed E-state index contributed by atoms with van der Waals surface area (Å²) in [5.41, 5.74) is 0.898. The van der Waals surface area contributed by atoms with Gasteiger partial charge >= 0.3 is 0 Å². The third-order valence-electron chi connectivity index (χ3n) is 3.91. The van der Waals surface area contributed by atoms with E-state index in [1.54, 1.807) is 48.5 Å². The van der Waals surface area contributed by atoms with Gasteiger partial charge in [0.25, 0.3) is 0 Å². The molecule has 0 unspecified atom stereocenters. The molecule has 1 amide bonds. The lowest BCUT2D eigenvalue weighted by Crippen LogP contribution is -2.37. The fourth-order valence-corrected chi connectivity index (χ4v) is 4.11. The predicted molar refractivity (Wildman–Crippen MR) is 118 cm³/mol. The van der Waals surface area contributed by atoms with Gasteiger partial charge < -0.3 is 10.1 Å². The lowest BCUT2D eigenvalue weighted by molar-refractivity contribution is -0.114. The second-order valence-corrected chi connectivity index (χ2v) is 8.97. The van der Waals surface area contributed by atoms with Gasteiger partial charge in [0, 0.05) is 16.2 Å². The lowest BCUT2D eigenvalue weighted by atomic mass is 10.3. The highest BCUT2D eigenvalue weighted by Crippen LogP contribution is 2.28. The topological polar surface area (TPSA) is 75.7 Å². The van der Waals surface area contributed by atoms with Crippen molar-refractivity contribution in [2.75, 3.05) is 22.4 Å².